The number of hydrogen-bond donors (Lipinski definition) is 4. The van der Waals surface area contributed by atoms with Gasteiger partial charge in [-0.3, -0.25) is 4.79 Å². The van der Waals surface area contributed by atoms with Gasteiger partial charge in [0.25, 0.3) is 0 Å². The van der Waals surface area contributed by atoms with Crippen molar-refractivity contribution in [3.8, 4) is 0 Å². The molecular formula is C22H30INO5S. The molecule has 0 radical (unpaired) electrons. The largest absolute Gasteiger partial charge is 0.392 e. The minimum Gasteiger partial charge on any atom is -0.392 e. The number of nitrogens with two attached hydrogens (primary N) is 1. The smallest absolute Gasteiger partial charge is 0.227 e. The summed E-state index contributed by atoms with van der Waals surface area (Å²) >= 11 is 3.94. The Morgan fingerprint density at radius 2 is 2.10 bits per heavy atom. The zero-order valence-corrected chi connectivity index (χ0v) is 19.8. The molecule has 0 spiro atoms. The normalized spacial score (nSPS) is 27.8. The molecule has 1 heterocycles. The summed E-state index contributed by atoms with van der Waals surface area (Å²) in [7, 11) is 0. The van der Waals surface area contributed by atoms with Crippen molar-refractivity contribution in [1.29, 1.82) is 0 Å². The van der Waals surface area contributed by atoms with Crippen LogP contribution >= 0.6 is 33.9 Å². The molecule has 5 N–H and O–H groups in total. The molecule has 0 bridgehead atoms. The monoisotopic (exact) mass is 547 g/mol. The molecule has 0 unspecified atom stereocenters. The second-order valence-electron chi connectivity index (χ2n) is 7.72. The van der Waals surface area contributed by atoms with Crippen LogP contribution in [0, 0.1) is 14.2 Å². The molecule has 2 rings (SSSR count). The number of thiophene rings is 1. The van der Waals surface area contributed by atoms with Crippen LogP contribution in [-0.4, -0.2) is 45.8 Å². The standard InChI is InChI=1S/C22H30INO5S/c23-20-11-9-16(30-20)8-6-15(26)7-10-17-18(27)14-19(28)22(17,21(24)29)12-4-2-1-3-5-13-25/h2,4,7,9-11,13,15,17-19,26-28H,1,3,5-6,8,12,14H2,(H2,24,29)/b4-2-,10-7+/t15-,17-,18+,19-,22+/m0/s1. The molecule has 6 nitrogen and oxygen atoms in total. The maximum absolute atomic E-state index is 12.4. The van der Waals surface area contributed by atoms with Crippen molar-refractivity contribution in [1.82, 2.24) is 0 Å². The minimum atomic E-state index is -1.32. The Morgan fingerprint density at radius 1 is 1.33 bits per heavy atom. The van der Waals surface area contributed by atoms with E-state index in [0.717, 1.165) is 12.7 Å². The minimum absolute atomic E-state index is 0.0562. The summed E-state index contributed by atoms with van der Waals surface area (Å²) in [5, 5.41) is 31.4. The molecule has 1 aliphatic rings. The molecule has 1 fully saturated rings. The number of hydrogen-bond acceptors (Lipinski definition) is 6. The number of carbonyl (C=O) groups excluding carboxylic acids is 2. The lowest BCUT2D eigenvalue weighted by atomic mass is 9.72. The number of aliphatic hydroxyl groups excluding tert-OH is 3. The molecule has 1 amide bonds. The van der Waals surface area contributed by atoms with Gasteiger partial charge < -0.3 is 25.8 Å². The average Bonchev–Trinajstić information content (AvgIpc) is 3.22. The van der Waals surface area contributed by atoms with Crippen molar-refractivity contribution in [3.63, 3.8) is 0 Å². The molecule has 0 aromatic carbocycles. The van der Waals surface area contributed by atoms with Crippen LogP contribution in [0.4, 0.5) is 0 Å². The highest BCUT2D eigenvalue weighted by Gasteiger charge is 2.56. The molecule has 5 atom stereocenters. The number of aryl methyl sites for hydroxylation is 1. The third-order valence-electron chi connectivity index (χ3n) is 5.70. The first kappa shape index (κ1) is 25.2. The van der Waals surface area contributed by atoms with E-state index in [9.17, 15) is 24.9 Å². The molecule has 1 aromatic heterocycles. The van der Waals surface area contributed by atoms with Gasteiger partial charge in [0.2, 0.25) is 5.91 Å². The van der Waals surface area contributed by atoms with E-state index in [-0.39, 0.29) is 12.8 Å². The van der Waals surface area contributed by atoms with Gasteiger partial charge in [-0.05, 0) is 66.8 Å². The summed E-state index contributed by atoms with van der Waals surface area (Å²) in [6.45, 7) is 0. The fourth-order valence-corrected chi connectivity index (χ4v) is 5.76. The highest BCUT2D eigenvalue weighted by molar-refractivity contribution is 14.1. The quantitative estimate of drug-likeness (QED) is 0.139. The van der Waals surface area contributed by atoms with E-state index in [1.54, 1.807) is 29.6 Å². The van der Waals surface area contributed by atoms with E-state index >= 15 is 0 Å². The summed E-state index contributed by atoms with van der Waals surface area (Å²) in [5.41, 5.74) is 4.38. The topological polar surface area (TPSA) is 121 Å². The van der Waals surface area contributed by atoms with Crippen molar-refractivity contribution in [2.24, 2.45) is 17.1 Å². The van der Waals surface area contributed by atoms with E-state index < -0.39 is 35.6 Å². The lowest BCUT2D eigenvalue weighted by Gasteiger charge is -2.33. The first-order valence-electron chi connectivity index (χ1n) is 10.2. The molecule has 1 aliphatic carbocycles. The summed E-state index contributed by atoms with van der Waals surface area (Å²) < 4.78 is 1.20. The van der Waals surface area contributed by atoms with Crippen molar-refractivity contribution in [3.05, 3.63) is 44.2 Å². The van der Waals surface area contributed by atoms with E-state index in [1.807, 2.05) is 18.2 Å². The number of aliphatic hydroxyl groups is 3. The number of unbranched alkanes of at least 4 members (excludes halogenated alkanes) is 2. The second kappa shape index (κ2) is 12.1. The Morgan fingerprint density at radius 3 is 2.73 bits per heavy atom. The molecule has 1 aromatic rings. The first-order chi connectivity index (χ1) is 14.3. The van der Waals surface area contributed by atoms with Crippen LogP contribution in [0.1, 0.15) is 43.4 Å². The maximum Gasteiger partial charge on any atom is 0.227 e. The number of aldehydes is 1. The Labute approximate surface area is 195 Å². The van der Waals surface area contributed by atoms with Crippen LogP contribution in [0.15, 0.2) is 36.4 Å². The zero-order valence-electron chi connectivity index (χ0n) is 16.8. The highest BCUT2D eigenvalue weighted by Crippen LogP contribution is 2.47. The molecule has 0 aliphatic heterocycles. The van der Waals surface area contributed by atoms with Gasteiger partial charge in [0.15, 0.2) is 0 Å². The number of carbonyl (C=O) groups is 2. The van der Waals surface area contributed by atoms with Gasteiger partial charge in [-0.1, -0.05) is 24.3 Å². The number of amides is 1. The average molecular weight is 547 g/mol. The third-order valence-corrected chi connectivity index (χ3v) is 7.65. The molecule has 30 heavy (non-hydrogen) atoms. The Hall–Kier alpha value is -1.07. The lowest BCUT2D eigenvalue weighted by Crippen LogP contribution is -2.47. The van der Waals surface area contributed by atoms with E-state index in [1.165, 1.54) is 7.76 Å². The van der Waals surface area contributed by atoms with Gasteiger partial charge >= 0.3 is 0 Å². The summed E-state index contributed by atoms with van der Waals surface area (Å²) in [6.07, 6.45) is 8.42. The SMILES string of the molecule is NC(=O)[C@@]1(C/C=C\CCCC=O)[C@@H](O)C[C@@H](O)[C@@H]1/C=C/[C@@H](O)CCc1ccc(I)s1. The van der Waals surface area contributed by atoms with E-state index in [2.05, 4.69) is 22.6 Å². The lowest BCUT2D eigenvalue weighted by molar-refractivity contribution is -0.135. The number of rotatable bonds is 12. The van der Waals surface area contributed by atoms with Crippen molar-refractivity contribution < 1.29 is 24.9 Å². The van der Waals surface area contributed by atoms with E-state index in [4.69, 9.17) is 5.73 Å². The van der Waals surface area contributed by atoms with Crippen LogP contribution in [0.5, 0.6) is 0 Å². The van der Waals surface area contributed by atoms with Gasteiger partial charge in [0, 0.05) is 23.6 Å². The Bertz CT molecular complexity index is 764. The van der Waals surface area contributed by atoms with Gasteiger partial charge in [-0.25, -0.2) is 0 Å². The number of primary amides is 1. The van der Waals surface area contributed by atoms with Crippen LogP contribution < -0.4 is 5.73 Å². The highest BCUT2D eigenvalue weighted by atomic mass is 127. The Kier molecular flexibility index (Phi) is 10.2. The van der Waals surface area contributed by atoms with Gasteiger partial charge in [-0.15, -0.1) is 11.3 Å². The molecule has 0 saturated heterocycles. The summed E-state index contributed by atoms with van der Waals surface area (Å²) in [5.74, 6) is -1.34. The maximum atomic E-state index is 12.4. The van der Waals surface area contributed by atoms with E-state index in [0.29, 0.717) is 25.7 Å². The number of allylic oxidation sites excluding steroid dienone is 2. The van der Waals surface area contributed by atoms with Crippen molar-refractivity contribution in [2.75, 3.05) is 0 Å². The molecule has 1 saturated carbocycles. The van der Waals surface area contributed by atoms with Gasteiger partial charge in [-0.2, -0.15) is 0 Å². The van der Waals surface area contributed by atoms with Crippen LogP contribution in [0.25, 0.3) is 0 Å². The predicted octanol–water partition coefficient (Wildman–Crippen LogP) is 2.73. The van der Waals surface area contributed by atoms with Gasteiger partial charge in [0.05, 0.1) is 26.6 Å². The van der Waals surface area contributed by atoms with Crippen LogP contribution in [0.2, 0.25) is 0 Å². The Balaban J connectivity index is 2.06. The first-order valence-corrected chi connectivity index (χ1v) is 12.1. The zero-order chi connectivity index (χ0) is 22.1. The third kappa shape index (κ3) is 6.46. The fourth-order valence-electron chi connectivity index (χ4n) is 3.99. The van der Waals surface area contributed by atoms with Gasteiger partial charge in [0.1, 0.15) is 6.29 Å². The number of halogens is 1. The predicted molar refractivity (Wildman–Crippen MR) is 126 cm³/mol. The van der Waals surface area contributed by atoms with Crippen molar-refractivity contribution >= 4 is 46.1 Å². The van der Waals surface area contributed by atoms with Crippen LogP contribution in [0.3, 0.4) is 0 Å². The molecule has 166 valence electrons. The summed E-state index contributed by atoms with van der Waals surface area (Å²) in [4.78, 5) is 24.0. The fraction of sp³-hybridized carbons (Fsp3) is 0.545. The molecular weight excluding hydrogens is 517 g/mol. The van der Waals surface area contributed by atoms with Crippen molar-refractivity contribution in [2.45, 2.75) is 63.3 Å². The second-order valence-corrected chi connectivity index (χ2v) is 10.8. The van der Waals surface area contributed by atoms with Crippen LogP contribution in [-0.2, 0) is 16.0 Å². The summed E-state index contributed by atoms with van der Waals surface area (Å²) in [6, 6.07) is 4.08. The molecule has 8 heteroatoms.